The van der Waals surface area contributed by atoms with Crippen LogP contribution in [0.5, 0.6) is 0 Å². The van der Waals surface area contributed by atoms with Crippen molar-refractivity contribution in [3.63, 3.8) is 0 Å². The van der Waals surface area contributed by atoms with E-state index in [0.717, 1.165) is 24.2 Å². The van der Waals surface area contributed by atoms with Crippen LogP contribution in [-0.2, 0) is 16.1 Å². The largest absolute Gasteiger partial charge is 0.312 e. The molecule has 158 valence electrons. The molecule has 0 radical (unpaired) electrons. The molecular weight excluding hydrogens is 394 g/mol. The molecule has 1 aliphatic rings. The van der Waals surface area contributed by atoms with Gasteiger partial charge in [-0.2, -0.15) is 0 Å². The van der Waals surface area contributed by atoms with Gasteiger partial charge in [0.1, 0.15) is 0 Å². The van der Waals surface area contributed by atoms with Gasteiger partial charge in [0.05, 0.1) is 10.9 Å². The molecule has 1 aromatic heterocycles. The lowest BCUT2D eigenvalue weighted by Crippen LogP contribution is -2.33. The number of hydrogen-bond donors (Lipinski definition) is 2. The minimum atomic E-state index is -0.385. The molecule has 0 bridgehead atoms. The maximum atomic E-state index is 12.6. The molecule has 3 aromatic rings. The Hall–Kier alpha value is -3.94. The van der Waals surface area contributed by atoms with Gasteiger partial charge in [-0.05, 0) is 49.2 Å². The zero-order valence-corrected chi connectivity index (χ0v) is 17.2. The van der Waals surface area contributed by atoms with Gasteiger partial charge in [-0.3, -0.25) is 29.8 Å². The monoisotopic (exact) mass is 417 g/mol. The Morgan fingerprint density at radius 1 is 1.13 bits per heavy atom. The van der Waals surface area contributed by atoms with Crippen LogP contribution in [-0.4, -0.2) is 27.9 Å². The van der Waals surface area contributed by atoms with Gasteiger partial charge in [0.2, 0.25) is 11.9 Å². The van der Waals surface area contributed by atoms with Crippen LogP contribution in [0.25, 0.3) is 17.0 Å². The molecule has 0 unspecified atom stereocenters. The van der Waals surface area contributed by atoms with Gasteiger partial charge in [-0.15, -0.1) is 0 Å². The van der Waals surface area contributed by atoms with E-state index >= 15 is 0 Å². The number of carbonyl (C=O) groups excluding carboxylic acids is 2. The summed E-state index contributed by atoms with van der Waals surface area (Å²) in [5.41, 5.74) is 7.37. The third-order valence-electron chi connectivity index (χ3n) is 5.18. The molecule has 8 nitrogen and oxygen atoms in total. The van der Waals surface area contributed by atoms with Crippen LogP contribution in [0.2, 0.25) is 0 Å². The molecule has 1 aliphatic heterocycles. The summed E-state index contributed by atoms with van der Waals surface area (Å²) < 4.78 is 1.46. The van der Waals surface area contributed by atoms with Gasteiger partial charge < -0.3 is 4.90 Å². The average molecular weight is 417 g/mol. The molecule has 2 amide bonds. The second-order valence-corrected chi connectivity index (χ2v) is 7.19. The summed E-state index contributed by atoms with van der Waals surface area (Å²) in [6.07, 6.45) is 4.53. The lowest BCUT2D eigenvalue weighted by molar-refractivity contribution is -0.117. The maximum absolute atomic E-state index is 12.6. The van der Waals surface area contributed by atoms with Gasteiger partial charge in [-0.1, -0.05) is 24.3 Å². The number of carbonyl (C=O) groups is 2. The fourth-order valence-corrected chi connectivity index (χ4v) is 3.57. The van der Waals surface area contributed by atoms with Crippen molar-refractivity contribution in [2.75, 3.05) is 16.9 Å². The molecule has 2 N–H and O–H groups in total. The highest BCUT2D eigenvalue weighted by atomic mass is 16.2. The highest BCUT2D eigenvalue weighted by Gasteiger charge is 2.21. The van der Waals surface area contributed by atoms with E-state index in [2.05, 4.69) is 15.8 Å². The summed E-state index contributed by atoms with van der Waals surface area (Å²) in [5.74, 6) is 0.0260. The number of anilines is 2. The van der Waals surface area contributed by atoms with Gasteiger partial charge in [0.15, 0.2) is 0 Å². The first-order valence-corrected chi connectivity index (χ1v) is 10.2. The van der Waals surface area contributed by atoms with Gasteiger partial charge >= 0.3 is 0 Å². The second kappa shape index (κ2) is 8.83. The highest BCUT2D eigenvalue weighted by Crippen LogP contribution is 2.21. The van der Waals surface area contributed by atoms with E-state index < -0.39 is 0 Å². The lowest BCUT2D eigenvalue weighted by atomic mass is 10.2. The number of aromatic nitrogens is 2. The summed E-state index contributed by atoms with van der Waals surface area (Å²) >= 11 is 0. The van der Waals surface area contributed by atoms with E-state index in [1.165, 1.54) is 10.6 Å². The van der Waals surface area contributed by atoms with E-state index in [1.807, 2.05) is 31.2 Å². The van der Waals surface area contributed by atoms with Gasteiger partial charge in [0.25, 0.3) is 11.5 Å². The number of rotatable bonds is 6. The molecule has 0 aliphatic carbocycles. The topological polar surface area (TPSA) is 96.3 Å². The Kier molecular flexibility index (Phi) is 5.79. The number of benzene rings is 2. The minimum Gasteiger partial charge on any atom is -0.312 e. The summed E-state index contributed by atoms with van der Waals surface area (Å²) in [5, 5.41) is 0.528. The SMILES string of the molecule is CCn1c(NNC(=O)C=Cc2ccc(N3CCCC3=O)cc2)nc2ccccc2c1=O. The van der Waals surface area contributed by atoms with Crippen molar-refractivity contribution < 1.29 is 9.59 Å². The van der Waals surface area contributed by atoms with E-state index in [-0.39, 0.29) is 23.3 Å². The third-order valence-corrected chi connectivity index (χ3v) is 5.18. The minimum absolute atomic E-state index is 0.140. The first-order chi connectivity index (χ1) is 15.1. The van der Waals surface area contributed by atoms with Crippen LogP contribution in [0.15, 0.2) is 59.4 Å². The smallest absolute Gasteiger partial charge is 0.262 e. The van der Waals surface area contributed by atoms with E-state index in [4.69, 9.17) is 0 Å². The Labute approximate surface area is 179 Å². The molecular formula is C23H23N5O3. The van der Waals surface area contributed by atoms with Crippen LogP contribution in [0, 0.1) is 0 Å². The predicted octanol–water partition coefficient (Wildman–Crippen LogP) is 2.70. The molecule has 8 heteroatoms. The number of amides is 2. The van der Waals surface area contributed by atoms with Crippen molar-refractivity contribution in [3.8, 4) is 0 Å². The Morgan fingerprint density at radius 2 is 1.90 bits per heavy atom. The number of fused-ring (bicyclic) bond motifs is 1. The Balaban J connectivity index is 1.42. The van der Waals surface area contributed by atoms with Crippen LogP contribution in [0.3, 0.4) is 0 Å². The Bertz CT molecular complexity index is 1210. The molecule has 31 heavy (non-hydrogen) atoms. The van der Waals surface area contributed by atoms with Crippen LogP contribution in [0.4, 0.5) is 11.6 Å². The maximum Gasteiger partial charge on any atom is 0.262 e. The zero-order valence-electron chi connectivity index (χ0n) is 17.2. The highest BCUT2D eigenvalue weighted by molar-refractivity contribution is 5.95. The second-order valence-electron chi connectivity index (χ2n) is 7.19. The van der Waals surface area contributed by atoms with Crippen molar-refractivity contribution in [3.05, 3.63) is 70.5 Å². The first-order valence-electron chi connectivity index (χ1n) is 10.2. The van der Waals surface area contributed by atoms with E-state index in [1.54, 1.807) is 35.2 Å². The normalized spacial score (nSPS) is 13.8. The molecule has 0 saturated carbocycles. The number of para-hydroxylation sites is 1. The summed E-state index contributed by atoms with van der Waals surface area (Å²) in [6, 6.07) is 14.5. The summed E-state index contributed by atoms with van der Waals surface area (Å²) in [6.45, 7) is 2.99. The van der Waals surface area contributed by atoms with Crippen molar-refractivity contribution in [2.24, 2.45) is 0 Å². The fraction of sp³-hybridized carbons (Fsp3) is 0.217. The van der Waals surface area contributed by atoms with Crippen molar-refractivity contribution in [1.82, 2.24) is 15.0 Å². The van der Waals surface area contributed by atoms with Crippen LogP contribution in [0.1, 0.15) is 25.3 Å². The summed E-state index contributed by atoms with van der Waals surface area (Å²) in [7, 11) is 0. The third kappa shape index (κ3) is 4.32. The van der Waals surface area contributed by atoms with Crippen LogP contribution < -0.4 is 21.3 Å². The quantitative estimate of drug-likeness (QED) is 0.475. The van der Waals surface area contributed by atoms with Crippen LogP contribution >= 0.6 is 0 Å². The zero-order chi connectivity index (χ0) is 21.8. The lowest BCUT2D eigenvalue weighted by Gasteiger charge is -2.15. The fourth-order valence-electron chi connectivity index (χ4n) is 3.57. The summed E-state index contributed by atoms with van der Waals surface area (Å²) in [4.78, 5) is 42.9. The van der Waals surface area contributed by atoms with E-state index in [9.17, 15) is 14.4 Å². The predicted molar refractivity (Wildman–Crippen MR) is 121 cm³/mol. The number of hydrazine groups is 1. The molecule has 1 fully saturated rings. The molecule has 4 rings (SSSR count). The molecule has 1 saturated heterocycles. The number of nitrogens with one attached hydrogen (secondary N) is 2. The number of hydrogen-bond acceptors (Lipinski definition) is 5. The molecule has 0 atom stereocenters. The molecule has 2 heterocycles. The van der Waals surface area contributed by atoms with Gasteiger partial charge in [0, 0.05) is 31.3 Å². The number of nitrogens with zero attached hydrogens (tertiary/aromatic N) is 3. The van der Waals surface area contributed by atoms with Crippen molar-refractivity contribution >= 4 is 40.4 Å². The van der Waals surface area contributed by atoms with Gasteiger partial charge in [-0.25, -0.2) is 4.98 Å². The van der Waals surface area contributed by atoms with E-state index in [0.29, 0.717) is 23.9 Å². The molecule has 2 aromatic carbocycles. The van der Waals surface area contributed by atoms with Crippen molar-refractivity contribution in [1.29, 1.82) is 0 Å². The van der Waals surface area contributed by atoms with Crippen molar-refractivity contribution in [2.45, 2.75) is 26.3 Å². The first kappa shape index (κ1) is 20.3. The average Bonchev–Trinajstić information content (AvgIpc) is 3.22. The standard InChI is InChI=1S/C23H23N5O3/c1-2-27-22(31)18-6-3-4-7-19(18)24-23(27)26-25-20(29)14-11-16-9-12-17(13-10-16)28-15-5-8-21(28)30/h3-4,6-7,9-14H,2,5,8,15H2,1H3,(H,24,26)(H,25,29). The molecule has 0 spiro atoms. The Morgan fingerprint density at radius 3 is 2.61 bits per heavy atom.